The zero-order chi connectivity index (χ0) is 19.9. The van der Waals surface area contributed by atoms with Crippen LogP contribution in [0.1, 0.15) is 29.3 Å². The number of sulfone groups is 1. The first-order valence-electron chi connectivity index (χ1n) is 8.56. The van der Waals surface area contributed by atoms with Gasteiger partial charge in [0.05, 0.1) is 10.5 Å². The molecule has 2 aromatic rings. The van der Waals surface area contributed by atoms with Crippen molar-refractivity contribution in [1.82, 2.24) is 5.32 Å². The van der Waals surface area contributed by atoms with Crippen molar-refractivity contribution in [2.24, 2.45) is 0 Å². The molecule has 6 nitrogen and oxygen atoms in total. The minimum atomic E-state index is -3.33. The third kappa shape index (κ3) is 6.86. The van der Waals surface area contributed by atoms with Gasteiger partial charge in [-0.25, -0.2) is 13.2 Å². The van der Waals surface area contributed by atoms with E-state index in [4.69, 9.17) is 4.74 Å². The highest BCUT2D eigenvalue weighted by Gasteiger charge is 2.14. The largest absolute Gasteiger partial charge is 0.452 e. The van der Waals surface area contributed by atoms with Crippen LogP contribution >= 0.6 is 0 Å². The lowest BCUT2D eigenvalue weighted by Crippen LogP contribution is -2.36. The van der Waals surface area contributed by atoms with Crippen LogP contribution in [-0.4, -0.2) is 39.2 Å². The van der Waals surface area contributed by atoms with Crippen molar-refractivity contribution in [2.75, 3.05) is 12.9 Å². The molecule has 2 aromatic carbocycles. The van der Waals surface area contributed by atoms with Gasteiger partial charge in [0, 0.05) is 12.3 Å². The molecule has 0 fully saturated rings. The Kier molecular flexibility index (Phi) is 7.12. The Morgan fingerprint density at radius 3 is 2.26 bits per heavy atom. The molecule has 0 bridgehead atoms. The number of carbonyl (C=O) groups is 2. The molecule has 0 aliphatic rings. The summed E-state index contributed by atoms with van der Waals surface area (Å²) in [5.74, 6) is -1.06. The number of nitrogens with one attached hydrogen (secondary N) is 1. The van der Waals surface area contributed by atoms with Gasteiger partial charge < -0.3 is 10.1 Å². The number of amides is 1. The predicted octanol–water partition coefficient (Wildman–Crippen LogP) is 2.38. The van der Waals surface area contributed by atoms with Gasteiger partial charge in [0.25, 0.3) is 5.91 Å². The van der Waals surface area contributed by atoms with E-state index >= 15 is 0 Å². The van der Waals surface area contributed by atoms with Gasteiger partial charge in [-0.15, -0.1) is 0 Å². The van der Waals surface area contributed by atoms with E-state index in [2.05, 4.69) is 5.32 Å². The molecule has 144 valence electrons. The van der Waals surface area contributed by atoms with E-state index in [0.29, 0.717) is 0 Å². The van der Waals surface area contributed by atoms with E-state index in [9.17, 15) is 18.0 Å². The van der Waals surface area contributed by atoms with Gasteiger partial charge in [-0.05, 0) is 49.6 Å². The molecule has 0 saturated heterocycles. The standard InChI is InChI=1S/C20H23NO5S/c1-15(8-9-16-6-4-3-5-7-16)21-19(22)14-26-20(23)17-10-12-18(13-11-17)27(2,24)25/h3-7,10-13,15H,8-9,14H2,1-2H3,(H,21,22)/t15-/m0/s1. The zero-order valence-electron chi connectivity index (χ0n) is 15.3. The second kappa shape index (κ2) is 9.32. The lowest BCUT2D eigenvalue weighted by atomic mass is 10.1. The molecule has 2 rings (SSSR count). The Hall–Kier alpha value is -2.67. The molecule has 0 heterocycles. The molecular formula is C20H23NO5S. The normalized spacial score (nSPS) is 12.2. The maximum atomic E-state index is 12.0. The van der Waals surface area contributed by atoms with E-state index in [1.165, 1.54) is 29.8 Å². The van der Waals surface area contributed by atoms with Crippen molar-refractivity contribution >= 4 is 21.7 Å². The number of rotatable bonds is 8. The quantitative estimate of drug-likeness (QED) is 0.700. The second-order valence-electron chi connectivity index (χ2n) is 6.37. The molecule has 1 N–H and O–H groups in total. The Labute approximate surface area is 159 Å². The van der Waals surface area contributed by atoms with Gasteiger partial charge in [0.1, 0.15) is 0 Å². The van der Waals surface area contributed by atoms with Gasteiger partial charge in [-0.2, -0.15) is 0 Å². The lowest BCUT2D eigenvalue weighted by molar-refractivity contribution is -0.124. The smallest absolute Gasteiger partial charge is 0.338 e. The molecule has 27 heavy (non-hydrogen) atoms. The molecule has 0 radical (unpaired) electrons. The fourth-order valence-corrected chi connectivity index (χ4v) is 3.10. The first-order valence-corrected chi connectivity index (χ1v) is 10.5. The van der Waals surface area contributed by atoms with Crippen molar-refractivity contribution in [3.8, 4) is 0 Å². The van der Waals surface area contributed by atoms with Crippen LogP contribution < -0.4 is 5.32 Å². The first-order chi connectivity index (χ1) is 12.8. The van der Waals surface area contributed by atoms with Gasteiger partial charge in [0.2, 0.25) is 0 Å². The molecule has 0 unspecified atom stereocenters. The predicted molar refractivity (Wildman–Crippen MR) is 102 cm³/mol. The van der Waals surface area contributed by atoms with Crippen LogP contribution in [0.15, 0.2) is 59.5 Å². The molecule has 0 saturated carbocycles. The van der Waals surface area contributed by atoms with Crippen LogP contribution in [0.25, 0.3) is 0 Å². The van der Waals surface area contributed by atoms with Crippen molar-refractivity contribution in [1.29, 1.82) is 0 Å². The number of carbonyl (C=O) groups excluding carboxylic acids is 2. The van der Waals surface area contributed by atoms with Crippen LogP contribution in [0, 0.1) is 0 Å². The van der Waals surface area contributed by atoms with Crippen molar-refractivity contribution in [2.45, 2.75) is 30.7 Å². The molecule has 0 aromatic heterocycles. The monoisotopic (exact) mass is 389 g/mol. The van der Waals surface area contributed by atoms with Crippen LogP contribution in [0.5, 0.6) is 0 Å². The third-order valence-corrected chi connectivity index (χ3v) is 5.10. The molecule has 1 atom stereocenters. The van der Waals surface area contributed by atoms with Crippen molar-refractivity contribution in [3.63, 3.8) is 0 Å². The Morgan fingerprint density at radius 1 is 1.04 bits per heavy atom. The Balaban J connectivity index is 1.76. The van der Waals surface area contributed by atoms with Gasteiger partial charge >= 0.3 is 5.97 Å². The minimum Gasteiger partial charge on any atom is -0.452 e. The summed E-state index contributed by atoms with van der Waals surface area (Å²) in [6.07, 6.45) is 2.70. The van der Waals surface area contributed by atoms with Crippen molar-refractivity contribution < 1.29 is 22.7 Å². The van der Waals surface area contributed by atoms with Crippen LogP contribution in [0.3, 0.4) is 0 Å². The average Bonchev–Trinajstić information content (AvgIpc) is 2.64. The van der Waals surface area contributed by atoms with E-state index in [1.807, 2.05) is 37.3 Å². The summed E-state index contributed by atoms with van der Waals surface area (Å²) in [6, 6.07) is 15.3. The number of esters is 1. The topological polar surface area (TPSA) is 89.5 Å². The summed E-state index contributed by atoms with van der Waals surface area (Å²) in [7, 11) is -3.33. The number of hydrogen-bond donors (Lipinski definition) is 1. The van der Waals surface area contributed by atoms with E-state index in [-0.39, 0.29) is 29.0 Å². The maximum Gasteiger partial charge on any atom is 0.338 e. The molecule has 0 aliphatic carbocycles. The summed E-state index contributed by atoms with van der Waals surface area (Å²) in [5, 5.41) is 2.79. The molecular weight excluding hydrogens is 366 g/mol. The fraction of sp³-hybridized carbons (Fsp3) is 0.300. The van der Waals surface area contributed by atoms with Gasteiger partial charge in [0.15, 0.2) is 16.4 Å². The minimum absolute atomic E-state index is 0.0505. The van der Waals surface area contributed by atoms with Crippen LogP contribution in [0.2, 0.25) is 0 Å². The number of hydrogen-bond acceptors (Lipinski definition) is 5. The Morgan fingerprint density at radius 2 is 1.67 bits per heavy atom. The summed E-state index contributed by atoms with van der Waals surface area (Å²) < 4.78 is 27.8. The number of aryl methyl sites for hydroxylation is 1. The van der Waals surface area contributed by atoms with Gasteiger partial charge in [-0.3, -0.25) is 4.79 Å². The maximum absolute atomic E-state index is 12.0. The van der Waals surface area contributed by atoms with Crippen LogP contribution in [0.4, 0.5) is 0 Å². The summed E-state index contributed by atoms with van der Waals surface area (Å²) in [5.41, 5.74) is 1.38. The van der Waals surface area contributed by atoms with Crippen LogP contribution in [-0.2, 0) is 25.8 Å². The highest BCUT2D eigenvalue weighted by molar-refractivity contribution is 7.90. The highest BCUT2D eigenvalue weighted by atomic mass is 32.2. The first kappa shape index (κ1) is 20.6. The average molecular weight is 389 g/mol. The molecule has 0 spiro atoms. The zero-order valence-corrected chi connectivity index (χ0v) is 16.2. The number of benzene rings is 2. The van der Waals surface area contributed by atoms with E-state index < -0.39 is 15.8 Å². The second-order valence-corrected chi connectivity index (χ2v) is 8.38. The van der Waals surface area contributed by atoms with E-state index in [1.54, 1.807) is 0 Å². The third-order valence-electron chi connectivity index (χ3n) is 3.97. The number of ether oxygens (including phenoxy) is 1. The molecule has 0 aliphatic heterocycles. The van der Waals surface area contributed by atoms with Gasteiger partial charge in [-0.1, -0.05) is 30.3 Å². The highest BCUT2D eigenvalue weighted by Crippen LogP contribution is 2.11. The van der Waals surface area contributed by atoms with Crippen molar-refractivity contribution in [3.05, 3.63) is 65.7 Å². The summed E-state index contributed by atoms with van der Waals surface area (Å²) in [4.78, 5) is 24.0. The molecule has 1 amide bonds. The summed E-state index contributed by atoms with van der Waals surface area (Å²) in [6.45, 7) is 1.51. The summed E-state index contributed by atoms with van der Waals surface area (Å²) >= 11 is 0. The fourth-order valence-electron chi connectivity index (χ4n) is 2.47. The van der Waals surface area contributed by atoms with E-state index in [0.717, 1.165) is 19.1 Å². The lowest BCUT2D eigenvalue weighted by Gasteiger charge is -2.14. The molecule has 7 heteroatoms. The SMILES string of the molecule is C[C@@H](CCc1ccccc1)NC(=O)COC(=O)c1ccc(S(C)(=O)=O)cc1. The Bertz CT molecular complexity index is 876.